The molecular weight excluding hydrogens is 188 g/mol. The van der Waals surface area contributed by atoms with Crippen molar-refractivity contribution in [3.8, 4) is 0 Å². The Morgan fingerprint density at radius 2 is 2.07 bits per heavy atom. The van der Waals surface area contributed by atoms with Crippen molar-refractivity contribution in [2.24, 2.45) is 0 Å². The maximum absolute atomic E-state index is 11.9. The fourth-order valence-electron chi connectivity index (χ4n) is 1.18. The molecule has 0 fully saturated rings. The molecule has 0 N–H and O–H groups in total. The standard InChI is InChI=1S/C13H14O2/c1-3-8-12(15-4-2)13(14)11-9-6-5-7-10-11/h3,5-10H,1,4H2,2H3/b12-8+. The highest BCUT2D eigenvalue weighted by Crippen LogP contribution is 2.09. The van der Waals surface area contributed by atoms with Crippen LogP contribution in [-0.2, 0) is 4.74 Å². The molecule has 0 aromatic heterocycles. The number of carbonyl (C=O) groups excluding carboxylic acids is 1. The van der Waals surface area contributed by atoms with E-state index in [1.807, 2.05) is 25.1 Å². The normalized spacial score (nSPS) is 10.9. The Hall–Kier alpha value is -1.83. The summed E-state index contributed by atoms with van der Waals surface area (Å²) in [5, 5.41) is 0. The Morgan fingerprint density at radius 1 is 1.40 bits per heavy atom. The van der Waals surface area contributed by atoms with Crippen LogP contribution in [0.2, 0.25) is 0 Å². The highest BCUT2D eigenvalue weighted by Gasteiger charge is 2.11. The maximum Gasteiger partial charge on any atom is 0.227 e. The lowest BCUT2D eigenvalue weighted by atomic mass is 10.1. The lowest BCUT2D eigenvalue weighted by molar-refractivity contribution is 0.0927. The summed E-state index contributed by atoms with van der Waals surface area (Å²) in [4.78, 5) is 11.9. The van der Waals surface area contributed by atoms with Crippen LogP contribution in [0.15, 0.2) is 54.8 Å². The summed E-state index contributed by atoms with van der Waals surface area (Å²) in [5.41, 5.74) is 0.624. The highest BCUT2D eigenvalue weighted by atomic mass is 16.5. The van der Waals surface area contributed by atoms with Gasteiger partial charge in [0.25, 0.3) is 0 Å². The van der Waals surface area contributed by atoms with Crippen LogP contribution in [0.5, 0.6) is 0 Å². The van der Waals surface area contributed by atoms with E-state index in [4.69, 9.17) is 4.74 Å². The minimum atomic E-state index is -0.114. The van der Waals surface area contributed by atoms with Gasteiger partial charge in [-0.15, -0.1) is 0 Å². The van der Waals surface area contributed by atoms with Gasteiger partial charge >= 0.3 is 0 Å². The van der Waals surface area contributed by atoms with E-state index in [2.05, 4.69) is 6.58 Å². The molecule has 0 atom stereocenters. The highest BCUT2D eigenvalue weighted by molar-refractivity contribution is 6.07. The van der Waals surface area contributed by atoms with E-state index in [-0.39, 0.29) is 5.78 Å². The number of ketones is 1. The predicted molar refractivity (Wildman–Crippen MR) is 60.7 cm³/mol. The quantitative estimate of drug-likeness (QED) is 0.317. The van der Waals surface area contributed by atoms with Crippen molar-refractivity contribution in [3.05, 3.63) is 60.4 Å². The lowest BCUT2D eigenvalue weighted by Crippen LogP contribution is -2.06. The monoisotopic (exact) mass is 202 g/mol. The molecule has 2 heteroatoms. The zero-order chi connectivity index (χ0) is 11.1. The minimum Gasteiger partial charge on any atom is -0.490 e. The van der Waals surface area contributed by atoms with Crippen LogP contribution in [-0.4, -0.2) is 12.4 Å². The number of carbonyl (C=O) groups is 1. The molecule has 15 heavy (non-hydrogen) atoms. The Bertz CT molecular complexity index is 363. The molecule has 0 amide bonds. The van der Waals surface area contributed by atoms with Crippen molar-refractivity contribution in [2.75, 3.05) is 6.61 Å². The number of rotatable bonds is 5. The topological polar surface area (TPSA) is 26.3 Å². The van der Waals surface area contributed by atoms with E-state index >= 15 is 0 Å². The van der Waals surface area contributed by atoms with E-state index in [0.29, 0.717) is 17.9 Å². The molecular formula is C13H14O2. The summed E-state index contributed by atoms with van der Waals surface area (Å²) in [5.74, 6) is 0.219. The van der Waals surface area contributed by atoms with Gasteiger partial charge in [-0.05, 0) is 13.0 Å². The molecule has 1 aromatic rings. The van der Waals surface area contributed by atoms with Gasteiger partial charge in [0.2, 0.25) is 5.78 Å². The molecule has 0 aliphatic rings. The molecule has 0 radical (unpaired) electrons. The van der Waals surface area contributed by atoms with Gasteiger partial charge in [-0.3, -0.25) is 4.79 Å². The van der Waals surface area contributed by atoms with Crippen LogP contribution in [0.3, 0.4) is 0 Å². The number of hydrogen-bond donors (Lipinski definition) is 0. The van der Waals surface area contributed by atoms with Gasteiger partial charge in [-0.1, -0.05) is 43.0 Å². The molecule has 1 aromatic carbocycles. The fourth-order valence-corrected chi connectivity index (χ4v) is 1.18. The molecule has 0 aliphatic heterocycles. The minimum absolute atomic E-state index is 0.114. The summed E-state index contributed by atoms with van der Waals surface area (Å²) in [6.45, 7) is 5.86. The van der Waals surface area contributed by atoms with E-state index in [1.54, 1.807) is 24.3 Å². The van der Waals surface area contributed by atoms with Crippen molar-refractivity contribution in [1.82, 2.24) is 0 Å². The van der Waals surface area contributed by atoms with Crippen molar-refractivity contribution in [3.63, 3.8) is 0 Å². The largest absolute Gasteiger partial charge is 0.490 e. The fraction of sp³-hybridized carbons (Fsp3) is 0.154. The maximum atomic E-state index is 11.9. The van der Waals surface area contributed by atoms with Gasteiger partial charge in [-0.25, -0.2) is 0 Å². The van der Waals surface area contributed by atoms with E-state index in [9.17, 15) is 4.79 Å². The first-order valence-corrected chi connectivity index (χ1v) is 4.84. The Kier molecular flexibility index (Phi) is 4.35. The smallest absolute Gasteiger partial charge is 0.227 e. The lowest BCUT2D eigenvalue weighted by Gasteiger charge is -2.06. The molecule has 0 unspecified atom stereocenters. The first kappa shape index (κ1) is 11.2. The summed E-state index contributed by atoms with van der Waals surface area (Å²) in [6, 6.07) is 9.04. The molecule has 0 saturated heterocycles. The van der Waals surface area contributed by atoms with E-state index in [0.717, 1.165) is 0 Å². The van der Waals surface area contributed by atoms with Crippen molar-refractivity contribution >= 4 is 5.78 Å². The third-order valence-electron chi connectivity index (χ3n) is 1.83. The van der Waals surface area contributed by atoms with Gasteiger partial charge in [0.1, 0.15) is 0 Å². The average molecular weight is 202 g/mol. The first-order valence-electron chi connectivity index (χ1n) is 4.84. The molecule has 78 valence electrons. The van der Waals surface area contributed by atoms with E-state index < -0.39 is 0 Å². The van der Waals surface area contributed by atoms with Crippen LogP contribution in [0.1, 0.15) is 17.3 Å². The van der Waals surface area contributed by atoms with Gasteiger partial charge < -0.3 is 4.74 Å². The molecule has 0 bridgehead atoms. The van der Waals surface area contributed by atoms with Crippen LogP contribution < -0.4 is 0 Å². The molecule has 2 nitrogen and oxygen atoms in total. The van der Waals surface area contributed by atoms with Crippen molar-refractivity contribution < 1.29 is 9.53 Å². The molecule has 1 rings (SSSR count). The molecule has 0 spiro atoms. The second-order valence-electron chi connectivity index (χ2n) is 2.89. The number of allylic oxidation sites excluding steroid dienone is 3. The first-order chi connectivity index (χ1) is 7.29. The number of hydrogen-bond acceptors (Lipinski definition) is 2. The van der Waals surface area contributed by atoms with Gasteiger partial charge in [-0.2, -0.15) is 0 Å². The van der Waals surface area contributed by atoms with Crippen molar-refractivity contribution in [2.45, 2.75) is 6.92 Å². The third kappa shape index (κ3) is 3.09. The zero-order valence-corrected chi connectivity index (χ0v) is 8.77. The summed E-state index contributed by atoms with van der Waals surface area (Å²) in [6.07, 6.45) is 3.13. The third-order valence-corrected chi connectivity index (χ3v) is 1.83. The van der Waals surface area contributed by atoms with Crippen LogP contribution in [0, 0.1) is 0 Å². The van der Waals surface area contributed by atoms with Crippen LogP contribution >= 0.6 is 0 Å². The summed E-state index contributed by atoms with van der Waals surface area (Å²) < 4.78 is 5.24. The number of Topliss-reactive ketones (excluding diaryl/α,β-unsaturated/α-hetero) is 1. The zero-order valence-electron chi connectivity index (χ0n) is 8.77. The van der Waals surface area contributed by atoms with Crippen LogP contribution in [0.4, 0.5) is 0 Å². The molecule has 0 saturated carbocycles. The second-order valence-corrected chi connectivity index (χ2v) is 2.89. The average Bonchev–Trinajstić information content (AvgIpc) is 2.29. The van der Waals surface area contributed by atoms with Gasteiger partial charge in [0.15, 0.2) is 5.76 Å². The van der Waals surface area contributed by atoms with Gasteiger partial charge in [0.05, 0.1) is 6.61 Å². The Labute approximate surface area is 89.9 Å². The van der Waals surface area contributed by atoms with Crippen molar-refractivity contribution in [1.29, 1.82) is 0 Å². The number of ether oxygens (including phenoxy) is 1. The molecule has 0 aliphatic carbocycles. The Balaban J connectivity index is 2.91. The van der Waals surface area contributed by atoms with E-state index in [1.165, 1.54) is 0 Å². The molecule has 0 heterocycles. The van der Waals surface area contributed by atoms with Gasteiger partial charge in [0, 0.05) is 5.56 Å². The summed E-state index contributed by atoms with van der Waals surface area (Å²) in [7, 11) is 0. The van der Waals surface area contributed by atoms with Crippen LogP contribution in [0.25, 0.3) is 0 Å². The Morgan fingerprint density at radius 3 is 2.60 bits per heavy atom. The predicted octanol–water partition coefficient (Wildman–Crippen LogP) is 2.98. The number of benzene rings is 1. The summed E-state index contributed by atoms with van der Waals surface area (Å²) >= 11 is 0. The SMILES string of the molecule is C=C/C=C(/OCC)C(=O)c1ccccc1. The second kappa shape index (κ2) is 5.81.